The van der Waals surface area contributed by atoms with Crippen molar-refractivity contribution < 1.29 is 9.53 Å². The Morgan fingerprint density at radius 1 is 1.20 bits per heavy atom. The van der Waals surface area contributed by atoms with Crippen molar-refractivity contribution in [1.82, 2.24) is 5.32 Å². The predicted octanol–water partition coefficient (Wildman–Crippen LogP) is 3.05. The first-order valence-corrected chi connectivity index (χ1v) is 7.86. The van der Waals surface area contributed by atoms with Crippen LogP contribution in [0.2, 0.25) is 0 Å². The maximum Gasteiger partial charge on any atom is 0.261 e. The molecule has 20 heavy (non-hydrogen) atoms. The van der Waals surface area contributed by atoms with Crippen molar-refractivity contribution in [1.29, 1.82) is 0 Å². The molecule has 1 aromatic carbocycles. The number of carbonyl (C=O) groups is 1. The summed E-state index contributed by atoms with van der Waals surface area (Å²) in [5, 5.41) is 3.14. The number of ether oxygens (including phenoxy) is 1. The number of amides is 1. The van der Waals surface area contributed by atoms with E-state index in [1.54, 1.807) is 0 Å². The van der Waals surface area contributed by atoms with Crippen LogP contribution < -0.4 is 10.1 Å². The van der Waals surface area contributed by atoms with Gasteiger partial charge < -0.3 is 10.1 Å². The van der Waals surface area contributed by atoms with E-state index in [-0.39, 0.29) is 17.3 Å². The molecule has 1 saturated carbocycles. The van der Waals surface area contributed by atoms with E-state index < -0.39 is 6.10 Å². The van der Waals surface area contributed by atoms with Crippen molar-refractivity contribution in [3.63, 3.8) is 0 Å². The van der Waals surface area contributed by atoms with Gasteiger partial charge in [-0.25, -0.2) is 0 Å². The molecule has 1 N–H and O–H groups in total. The van der Waals surface area contributed by atoms with Gasteiger partial charge in [-0.3, -0.25) is 4.79 Å². The Hall–Kier alpha value is -1.22. The number of nitrogens with one attached hydrogen (secondary N) is 1. The minimum absolute atomic E-state index is 0.0289. The Morgan fingerprint density at radius 2 is 2.00 bits per heavy atom. The molecule has 1 fully saturated rings. The van der Waals surface area contributed by atoms with Gasteiger partial charge in [0.1, 0.15) is 5.75 Å². The Morgan fingerprint density at radius 3 is 2.85 bits per heavy atom. The van der Waals surface area contributed by atoms with Crippen molar-refractivity contribution in [2.75, 3.05) is 0 Å². The quantitative estimate of drug-likeness (QED) is 0.672. The van der Waals surface area contributed by atoms with Crippen LogP contribution in [-0.2, 0) is 11.2 Å². The Labute approximate surface area is 124 Å². The van der Waals surface area contributed by atoms with Crippen LogP contribution in [0.1, 0.15) is 37.7 Å². The third kappa shape index (κ3) is 2.93. The molecular weight excluding hydrogens is 274 g/mol. The topological polar surface area (TPSA) is 38.3 Å². The highest BCUT2D eigenvalue weighted by Gasteiger charge is 2.31. The van der Waals surface area contributed by atoms with Crippen LogP contribution in [0.4, 0.5) is 0 Å². The van der Waals surface area contributed by atoms with Gasteiger partial charge in [0.2, 0.25) is 0 Å². The molecule has 0 aromatic heterocycles. The largest absolute Gasteiger partial charge is 0.480 e. The predicted molar refractivity (Wildman–Crippen MR) is 79.2 cm³/mol. The van der Waals surface area contributed by atoms with E-state index in [1.807, 2.05) is 24.3 Å². The number of hydrogen-bond donors (Lipinski definition) is 1. The first-order valence-electron chi connectivity index (χ1n) is 7.43. The maximum absolute atomic E-state index is 12.3. The highest BCUT2D eigenvalue weighted by Crippen LogP contribution is 2.29. The van der Waals surface area contributed by atoms with Crippen molar-refractivity contribution in [3.05, 3.63) is 29.8 Å². The Kier molecular flexibility index (Phi) is 4.16. The van der Waals surface area contributed by atoms with Gasteiger partial charge in [0.05, 0.1) is 5.38 Å². The monoisotopic (exact) mass is 293 g/mol. The average molecular weight is 294 g/mol. The zero-order chi connectivity index (χ0) is 13.9. The molecule has 0 radical (unpaired) electrons. The molecule has 3 nitrogen and oxygen atoms in total. The second-order valence-corrected chi connectivity index (χ2v) is 6.25. The molecule has 0 bridgehead atoms. The summed E-state index contributed by atoms with van der Waals surface area (Å²) < 4.78 is 5.72. The summed E-state index contributed by atoms with van der Waals surface area (Å²) in [5.41, 5.74) is 1.11. The van der Waals surface area contributed by atoms with Crippen LogP contribution in [-0.4, -0.2) is 23.4 Å². The molecule has 1 aromatic rings. The number of hydrogen-bond acceptors (Lipinski definition) is 2. The summed E-state index contributed by atoms with van der Waals surface area (Å²) in [6, 6.07) is 7.91. The smallest absolute Gasteiger partial charge is 0.261 e. The van der Waals surface area contributed by atoms with Crippen molar-refractivity contribution in [2.24, 2.45) is 0 Å². The third-order valence-corrected chi connectivity index (χ3v) is 4.72. The molecule has 0 spiro atoms. The lowest BCUT2D eigenvalue weighted by atomic mass is 10.1. The average Bonchev–Trinajstić information content (AvgIpc) is 2.79. The molecule has 108 valence electrons. The lowest BCUT2D eigenvalue weighted by molar-refractivity contribution is -0.128. The van der Waals surface area contributed by atoms with Crippen LogP contribution >= 0.6 is 11.6 Å². The van der Waals surface area contributed by atoms with Crippen LogP contribution in [0.3, 0.4) is 0 Å². The molecular formula is C16H20ClNO2. The van der Waals surface area contributed by atoms with E-state index in [4.69, 9.17) is 16.3 Å². The summed E-state index contributed by atoms with van der Waals surface area (Å²) in [5.74, 6) is 0.801. The fourth-order valence-corrected chi connectivity index (χ4v) is 3.37. The van der Waals surface area contributed by atoms with Crippen molar-refractivity contribution in [3.8, 4) is 5.75 Å². The summed E-state index contributed by atoms with van der Waals surface area (Å²) in [6.45, 7) is 0. The summed E-state index contributed by atoms with van der Waals surface area (Å²) in [4.78, 5) is 12.3. The molecule has 4 heteroatoms. The third-order valence-electron chi connectivity index (χ3n) is 4.20. The van der Waals surface area contributed by atoms with Crippen molar-refractivity contribution >= 4 is 17.5 Å². The summed E-state index contributed by atoms with van der Waals surface area (Å²) in [6.07, 6.45) is 5.71. The molecule has 1 amide bonds. The standard InChI is InChI=1S/C16H20ClNO2/c17-12-7-2-1-3-8-13(12)18-16(19)15-10-11-6-4-5-9-14(11)20-15/h4-6,9,12-13,15H,1-3,7-8,10H2,(H,18,19). The van der Waals surface area contributed by atoms with E-state index in [0.717, 1.165) is 37.0 Å². The number of rotatable bonds is 2. The second kappa shape index (κ2) is 6.04. The molecule has 2 aliphatic rings. The Bertz CT molecular complexity index is 466. The molecule has 0 saturated heterocycles. The van der Waals surface area contributed by atoms with E-state index in [1.165, 1.54) is 6.42 Å². The molecule has 3 unspecified atom stereocenters. The highest BCUT2D eigenvalue weighted by molar-refractivity contribution is 6.21. The number of benzene rings is 1. The zero-order valence-corrected chi connectivity index (χ0v) is 12.2. The molecule has 3 rings (SSSR count). The van der Waals surface area contributed by atoms with Crippen LogP contribution in [0.5, 0.6) is 5.75 Å². The normalized spacial score (nSPS) is 29.1. The fourth-order valence-electron chi connectivity index (χ4n) is 3.03. The second-order valence-electron chi connectivity index (χ2n) is 5.69. The van der Waals surface area contributed by atoms with E-state index in [9.17, 15) is 4.79 Å². The first-order chi connectivity index (χ1) is 9.74. The van der Waals surface area contributed by atoms with Gasteiger partial charge in [0, 0.05) is 12.5 Å². The van der Waals surface area contributed by atoms with Crippen LogP contribution in [0.15, 0.2) is 24.3 Å². The van der Waals surface area contributed by atoms with Gasteiger partial charge in [0.15, 0.2) is 6.10 Å². The van der Waals surface area contributed by atoms with Gasteiger partial charge in [-0.2, -0.15) is 0 Å². The first kappa shape index (κ1) is 13.7. The van der Waals surface area contributed by atoms with Gasteiger partial charge in [0.25, 0.3) is 5.91 Å². The minimum Gasteiger partial charge on any atom is -0.480 e. The van der Waals surface area contributed by atoms with Gasteiger partial charge in [-0.15, -0.1) is 11.6 Å². The zero-order valence-electron chi connectivity index (χ0n) is 11.5. The van der Waals surface area contributed by atoms with Gasteiger partial charge in [-0.1, -0.05) is 37.5 Å². The van der Waals surface area contributed by atoms with Gasteiger partial charge in [-0.05, 0) is 24.5 Å². The minimum atomic E-state index is -0.403. The molecule has 3 atom stereocenters. The number of alkyl halides is 1. The van der Waals surface area contributed by atoms with Crippen LogP contribution in [0.25, 0.3) is 0 Å². The number of para-hydroxylation sites is 1. The van der Waals surface area contributed by atoms with Gasteiger partial charge >= 0.3 is 0 Å². The van der Waals surface area contributed by atoms with Crippen molar-refractivity contribution in [2.45, 2.75) is 56.0 Å². The SMILES string of the molecule is O=C(NC1CCCCCC1Cl)C1Cc2ccccc2O1. The van der Waals surface area contributed by atoms with E-state index >= 15 is 0 Å². The highest BCUT2D eigenvalue weighted by atomic mass is 35.5. The summed E-state index contributed by atoms with van der Waals surface area (Å²) in [7, 11) is 0. The molecule has 1 aliphatic heterocycles. The molecule has 1 heterocycles. The van der Waals surface area contributed by atoms with E-state index in [0.29, 0.717) is 6.42 Å². The lowest BCUT2D eigenvalue weighted by Gasteiger charge is -2.22. The van der Waals surface area contributed by atoms with E-state index in [2.05, 4.69) is 5.32 Å². The number of carbonyl (C=O) groups excluding carboxylic acids is 1. The Balaban J connectivity index is 1.60. The molecule has 1 aliphatic carbocycles. The lowest BCUT2D eigenvalue weighted by Crippen LogP contribution is -2.46. The maximum atomic E-state index is 12.3. The summed E-state index contributed by atoms with van der Waals surface area (Å²) >= 11 is 6.37. The number of fused-ring (bicyclic) bond motifs is 1. The number of halogens is 1. The fraction of sp³-hybridized carbons (Fsp3) is 0.562. The van der Waals surface area contributed by atoms with Crippen LogP contribution in [0, 0.1) is 0 Å².